The topological polar surface area (TPSA) is 57.6 Å². The Kier molecular flexibility index (Phi) is 2.34. The zero-order valence-corrected chi connectivity index (χ0v) is 6.49. The van der Waals surface area contributed by atoms with E-state index in [9.17, 15) is 9.59 Å². The summed E-state index contributed by atoms with van der Waals surface area (Å²) in [6.07, 6.45) is 4.99. The number of hydrogen-bond acceptors (Lipinski definition) is 2. The van der Waals surface area contributed by atoms with E-state index >= 15 is 0 Å². The van der Waals surface area contributed by atoms with E-state index in [0.717, 1.165) is 0 Å². The first-order chi connectivity index (χ1) is 5.65. The number of carboxylic acids is 1. The van der Waals surface area contributed by atoms with Gasteiger partial charge in [-0.25, -0.2) is 0 Å². The molecule has 1 saturated heterocycles. The molecule has 1 rings (SSSR count). The van der Waals surface area contributed by atoms with Crippen LogP contribution in [-0.4, -0.2) is 35.0 Å². The average Bonchev–Trinajstić information content (AvgIpc) is 1.82. The molecule has 1 aliphatic heterocycles. The van der Waals surface area contributed by atoms with Crippen molar-refractivity contribution >= 4 is 11.9 Å². The average molecular weight is 167 g/mol. The van der Waals surface area contributed by atoms with E-state index < -0.39 is 11.9 Å². The summed E-state index contributed by atoms with van der Waals surface area (Å²) in [5, 5.41) is 8.48. The molecule has 1 aliphatic rings. The minimum atomic E-state index is -0.847. The standard InChI is InChI=1S/C8H9NO3/c1-2-3-7(10)9-4-6(5-9)8(11)12/h1,6H,3-5H2,(H,11,12). The Balaban J connectivity index is 2.30. The molecule has 1 N–H and O–H groups in total. The third-order valence-electron chi connectivity index (χ3n) is 1.84. The SMILES string of the molecule is C#CCC(=O)N1CC(C(=O)O)C1. The van der Waals surface area contributed by atoms with Crippen LogP contribution in [-0.2, 0) is 9.59 Å². The molecule has 0 unspecified atom stereocenters. The monoisotopic (exact) mass is 167 g/mol. The molecule has 1 heterocycles. The summed E-state index contributed by atoms with van der Waals surface area (Å²) in [6.45, 7) is 0.603. The number of likely N-dealkylation sites (tertiary alicyclic amines) is 1. The minimum absolute atomic E-state index is 0.0618. The van der Waals surface area contributed by atoms with Gasteiger partial charge in [0.15, 0.2) is 0 Å². The van der Waals surface area contributed by atoms with E-state index in [1.807, 2.05) is 0 Å². The Labute approximate surface area is 70.2 Å². The first-order valence-electron chi connectivity index (χ1n) is 3.59. The molecule has 0 aliphatic carbocycles. The maximum absolute atomic E-state index is 11.0. The zero-order chi connectivity index (χ0) is 9.14. The maximum atomic E-state index is 11.0. The lowest BCUT2D eigenvalue weighted by Gasteiger charge is -2.36. The van der Waals surface area contributed by atoms with E-state index in [1.165, 1.54) is 4.90 Å². The first-order valence-corrected chi connectivity index (χ1v) is 3.59. The molecule has 0 atom stereocenters. The predicted octanol–water partition coefficient (Wildman–Crippen LogP) is -0.447. The molecule has 64 valence electrons. The summed E-state index contributed by atoms with van der Waals surface area (Å²) < 4.78 is 0. The van der Waals surface area contributed by atoms with Crippen molar-refractivity contribution in [3.05, 3.63) is 0 Å². The van der Waals surface area contributed by atoms with Crippen molar-refractivity contribution < 1.29 is 14.7 Å². The molecular weight excluding hydrogens is 158 g/mol. The van der Waals surface area contributed by atoms with Gasteiger partial charge in [0.2, 0.25) is 5.91 Å². The van der Waals surface area contributed by atoms with E-state index in [4.69, 9.17) is 11.5 Å². The van der Waals surface area contributed by atoms with Gasteiger partial charge >= 0.3 is 5.97 Å². The highest BCUT2D eigenvalue weighted by atomic mass is 16.4. The van der Waals surface area contributed by atoms with Crippen molar-refractivity contribution in [2.24, 2.45) is 5.92 Å². The van der Waals surface area contributed by atoms with Crippen LogP contribution in [0.1, 0.15) is 6.42 Å². The van der Waals surface area contributed by atoms with Gasteiger partial charge in [0.05, 0.1) is 12.3 Å². The third kappa shape index (κ3) is 1.56. The van der Waals surface area contributed by atoms with Crippen LogP contribution >= 0.6 is 0 Å². The molecule has 0 aromatic carbocycles. The van der Waals surface area contributed by atoms with Crippen LogP contribution in [0, 0.1) is 18.3 Å². The van der Waals surface area contributed by atoms with Crippen LogP contribution in [0.15, 0.2) is 0 Å². The lowest BCUT2D eigenvalue weighted by Crippen LogP contribution is -2.52. The van der Waals surface area contributed by atoms with Crippen molar-refractivity contribution in [1.29, 1.82) is 0 Å². The molecule has 0 saturated carbocycles. The van der Waals surface area contributed by atoms with Crippen molar-refractivity contribution in [2.45, 2.75) is 6.42 Å². The van der Waals surface area contributed by atoms with Crippen molar-refractivity contribution in [2.75, 3.05) is 13.1 Å². The number of carbonyl (C=O) groups excluding carboxylic acids is 1. The van der Waals surface area contributed by atoms with E-state index in [2.05, 4.69) is 5.92 Å². The Morgan fingerprint density at radius 2 is 2.17 bits per heavy atom. The molecule has 0 aromatic heterocycles. The van der Waals surface area contributed by atoms with Gasteiger partial charge in [-0.1, -0.05) is 5.92 Å². The summed E-state index contributed by atoms with van der Waals surface area (Å²) >= 11 is 0. The van der Waals surface area contributed by atoms with Gasteiger partial charge in [0, 0.05) is 13.1 Å². The number of terminal acetylenes is 1. The molecule has 1 amide bonds. The van der Waals surface area contributed by atoms with E-state index in [1.54, 1.807) is 0 Å². The summed E-state index contributed by atoms with van der Waals surface area (Å²) in [6, 6.07) is 0. The second-order valence-electron chi connectivity index (χ2n) is 2.71. The van der Waals surface area contributed by atoms with Gasteiger partial charge in [-0.3, -0.25) is 9.59 Å². The maximum Gasteiger partial charge on any atom is 0.310 e. The van der Waals surface area contributed by atoms with Crippen LogP contribution in [0.25, 0.3) is 0 Å². The fourth-order valence-corrected chi connectivity index (χ4v) is 1.04. The van der Waals surface area contributed by atoms with Gasteiger partial charge in [0.1, 0.15) is 0 Å². The molecule has 4 nitrogen and oxygen atoms in total. The summed E-state index contributed by atoms with van der Waals surface area (Å²) in [7, 11) is 0. The second-order valence-corrected chi connectivity index (χ2v) is 2.71. The smallest absolute Gasteiger partial charge is 0.310 e. The molecule has 4 heteroatoms. The highest BCUT2D eigenvalue weighted by molar-refractivity contribution is 5.82. The quantitative estimate of drug-likeness (QED) is 0.567. The largest absolute Gasteiger partial charge is 0.481 e. The van der Waals surface area contributed by atoms with Gasteiger partial charge in [-0.15, -0.1) is 6.42 Å². The number of carboxylic acid groups (broad SMARTS) is 1. The first kappa shape index (κ1) is 8.60. The Hall–Kier alpha value is -1.50. The van der Waals surface area contributed by atoms with E-state index in [-0.39, 0.29) is 12.3 Å². The summed E-state index contributed by atoms with van der Waals surface area (Å²) in [4.78, 5) is 22.8. The number of nitrogens with zero attached hydrogens (tertiary/aromatic N) is 1. The van der Waals surface area contributed by atoms with Gasteiger partial charge < -0.3 is 10.0 Å². The molecule has 0 bridgehead atoms. The van der Waals surface area contributed by atoms with Crippen molar-refractivity contribution in [1.82, 2.24) is 4.90 Å². The Morgan fingerprint density at radius 1 is 1.58 bits per heavy atom. The second kappa shape index (κ2) is 3.26. The fraction of sp³-hybridized carbons (Fsp3) is 0.500. The molecule has 0 radical (unpaired) electrons. The molecule has 1 fully saturated rings. The number of rotatable bonds is 2. The number of carbonyl (C=O) groups is 2. The molecule has 0 aromatic rings. The predicted molar refractivity (Wildman–Crippen MR) is 41.2 cm³/mol. The van der Waals surface area contributed by atoms with Crippen LogP contribution in [0.2, 0.25) is 0 Å². The van der Waals surface area contributed by atoms with Gasteiger partial charge in [0.25, 0.3) is 0 Å². The highest BCUT2D eigenvalue weighted by Gasteiger charge is 2.34. The van der Waals surface area contributed by atoms with Gasteiger partial charge in [-0.05, 0) is 0 Å². The van der Waals surface area contributed by atoms with Crippen LogP contribution < -0.4 is 0 Å². The van der Waals surface area contributed by atoms with Crippen LogP contribution in [0.3, 0.4) is 0 Å². The minimum Gasteiger partial charge on any atom is -0.481 e. The Bertz CT molecular complexity index is 248. The number of amides is 1. The van der Waals surface area contributed by atoms with Crippen LogP contribution in [0.5, 0.6) is 0 Å². The fourth-order valence-electron chi connectivity index (χ4n) is 1.04. The zero-order valence-electron chi connectivity index (χ0n) is 6.49. The Morgan fingerprint density at radius 3 is 2.58 bits per heavy atom. The summed E-state index contributed by atoms with van der Waals surface area (Å²) in [5.41, 5.74) is 0. The number of aliphatic carboxylic acids is 1. The lowest BCUT2D eigenvalue weighted by atomic mass is 10.0. The molecule has 0 spiro atoms. The van der Waals surface area contributed by atoms with Crippen molar-refractivity contribution in [3.63, 3.8) is 0 Å². The summed E-state index contributed by atoms with van der Waals surface area (Å²) in [5.74, 6) is 0.821. The van der Waals surface area contributed by atoms with E-state index in [0.29, 0.717) is 13.1 Å². The van der Waals surface area contributed by atoms with Crippen molar-refractivity contribution in [3.8, 4) is 12.3 Å². The highest BCUT2D eigenvalue weighted by Crippen LogP contribution is 2.15. The number of hydrogen-bond donors (Lipinski definition) is 1. The normalized spacial score (nSPS) is 16.4. The molecular formula is C8H9NO3. The molecule has 12 heavy (non-hydrogen) atoms. The lowest BCUT2D eigenvalue weighted by molar-refractivity contribution is -0.152. The van der Waals surface area contributed by atoms with Crippen LogP contribution in [0.4, 0.5) is 0 Å². The third-order valence-corrected chi connectivity index (χ3v) is 1.84. The van der Waals surface area contributed by atoms with Gasteiger partial charge in [-0.2, -0.15) is 0 Å².